The summed E-state index contributed by atoms with van der Waals surface area (Å²) in [6.07, 6.45) is 0. The molecule has 2 rings (SSSR count). The van der Waals surface area contributed by atoms with Crippen LogP contribution in [0.25, 0.3) is 0 Å². The summed E-state index contributed by atoms with van der Waals surface area (Å²) in [4.78, 5) is 4.33. The van der Waals surface area contributed by atoms with Crippen LogP contribution in [0.15, 0.2) is 27.8 Å². The van der Waals surface area contributed by atoms with E-state index in [4.69, 9.17) is 20.3 Å². The van der Waals surface area contributed by atoms with Gasteiger partial charge in [0, 0.05) is 16.9 Å². The number of nitrogen functional groups attached to an aromatic ring is 1. The highest BCUT2D eigenvalue weighted by atomic mass is 32.2. The molecule has 0 saturated heterocycles. The van der Waals surface area contributed by atoms with E-state index in [1.165, 1.54) is 11.8 Å². The molecule has 6 heteroatoms. The predicted octanol–water partition coefficient (Wildman–Crippen LogP) is 2.88. The predicted molar refractivity (Wildman–Crippen MR) is 79.5 cm³/mol. The Balaban J connectivity index is 2.18. The fraction of sp³-hybridized carbons (Fsp3) is 0.286. The number of hydrogen-bond acceptors (Lipinski definition) is 5. The molecule has 1 aromatic carbocycles. The van der Waals surface area contributed by atoms with Crippen molar-refractivity contribution in [1.82, 2.24) is 4.98 Å². The maximum absolute atomic E-state index is 7.49. The molecule has 0 bridgehead atoms. The third-order valence-corrected chi connectivity index (χ3v) is 3.83. The van der Waals surface area contributed by atoms with E-state index in [9.17, 15) is 0 Å². The largest absolute Gasteiger partial charge is 0.496 e. The average molecular weight is 291 g/mol. The van der Waals surface area contributed by atoms with Crippen LogP contribution in [0.4, 0.5) is 0 Å². The number of thioether (sulfide) groups is 1. The van der Waals surface area contributed by atoms with Crippen molar-refractivity contribution in [3.05, 3.63) is 40.8 Å². The van der Waals surface area contributed by atoms with Crippen LogP contribution in [0.1, 0.15) is 22.6 Å². The molecule has 2 aromatic rings. The maximum Gasteiger partial charge on any atom is 0.256 e. The fourth-order valence-electron chi connectivity index (χ4n) is 1.70. The number of oxazole rings is 1. The highest BCUT2D eigenvalue weighted by molar-refractivity contribution is 7.98. The number of benzene rings is 1. The third kappa shape index (κ3) is 3.14. The van der Waals surface area contributed by atoms with Gasteiger partial charge < -0.3 is 14.9 Å². The van der Waals surface area contributed by atoms with Crippen molar-refractivity contribution >= 4 is 17.6 Å². The van der Waals surface area contributed by atoms with Crippen molar-refractivity contribution in [2.75, 3.05) is 7.11 Å². The van der Waals surface area contributed by atoms with Gasteiger partial charge in [0.15, 0.2) is 0 Å². The summed E-state index contributed by atoms with van der Waals surface area (Å²) >= 11 is 1.49. The minimum Gasteiger partial charge on any atom is -0.496 e. The smallest absolute Gasteiger partial charge is 0.256 e. The number of methoxy groups -OCH3 is 1. The molecule has 0 radical (unpaired) electrons. The monoisotopic (exact) mass is 291 g/mol. The Morgan fingerprint density at radius 3 is 2.75 bits per heavy atom. The molecule has 106 valence electrons. The van der Waals surface area contributed by atoms with Crippen molar-refractivity contribution in [3.8, 4) is 5.75 Å². The van der Waals surface area contributed by atoms with Gasteiger partial charge in [-0.25, -0.2) is 4.98 Å². The molecule has 1 heterocycles. The van der Waals surface area contributed by atoms with Crippen LogP contribution < -0.4 is 10.5 Å². The van der Waals surface area contributed by atoms with Crippen molar-refractivity contribution in [2.45, 2.75) is 24.8 Å². The van der Waals surface area contributed by atoms with Gasteiger partial charge in [-0.3, -0.25) is 5.41 Å². The molecule has 3 N–H and O–H groups in total. The summed E-state index contributed by atoms with van der Waals surface area (Å²) < 4.78 is 10.9. The van der Waals surface area contributed by atoms with E-state index in [1.54, 1.807) is 13.2 Å². The first-order chi connectivity index (χ1) is 9.51. The van der Waals surface area contributed by atoms with E-state index in [1.807, 2.05) is 26.0 Å². The Kier molecular flexibility index (Phi) is 4.34. The van der Waals surface area contributed by atoms with Gasteiger partial charge >= 0.3 is 0 Å². The number of nitrogens with two attached hydrogens (primary N) is 1. The van der Waals surface area contributed by atoms with Gasteiger partial charge in [0.25, 0.3) is 5.22 Å². The first-order valence-corrected chi connectivity index (χ1v) is 7.08. The third-order valence-electron chi connectivity index (χ3n) is 2.95. The Bertz CT molecular complexity index is 618. The van der Waals surface area contributed by atoms with Crippen LogP contribution in [0.5, 0.6) is 5.75 Å². The zero-order valence-corrected chi connectivity index (χ0v) is 12.5. The lowest BCUT2D eigenvalue weighted by Crippen LogP contribution is -2.11. The quantitative estimate of drug-likeness (QED) is 0.502. The Hall–Kier alpha value is -1.95. The van der Waals surface area contributed by atoms with E-state index in [2.05, 4.69) is 4.98 Å². The van der Waals surface area contributed by atoms with Crippen molar-refractivity contribution in [3.63, 3.8) is 0 Å². The number of rotatable bonds is 5. The summed E-state index contributed by atoms with van der Waals surface area (Å²) in [5, 5.41) is 8.12. The Morgan fingerprint density at radius 2 is 2.20 bits per heavy atom. The molecule has 0 atom stereocenters. The fourth-order valence-corrected chi connectivity index (χ4v) is 2.59. The maximum atomic E-state index is 7.49. The Morgan fingerprint density at radius 1 is 1.45 bits per heavy atom. The number of amidine groups is 1. The summed E-state index contributed by atoms with van der Waals surface area (Å²) in [6, 6.07) is 5.45. The Labute approximate surface area is 122 Å². The van der Waals surface area contributed by atoms with Crippen LogP contribution in [0.2, 0.25) is 0 Å². The SMILES string of the molecule is COc1ccc(C(=N)N)cc1CSc1nc(C)c(C)o1. The van der Waals surface area contributed by atoms with E-state index in [0.717, 1.165) is 22.8 Å². The average Bonchev–Trinajstić information content (AvgIpc) is 2.75. The van der Waals surface area contributed by atoms with Gasteiger partial charge in [0.2, 0.25) is 0 Å². The normalized spacial score (nSPS) is 10.6. The number of aromatic nitrogens is 1. The zero-order valence-electron chi connectivity index (χ0n) is 11.7. The van der Waals surface area contributed by atoms with E-state index < -0.39 is 0 Å². The first kappa shape index (κ1) is 14.5. The molecule has 0 spiro atoms. The minimum atomic E-state index is 0.0433. The van der Waals surface area contributed by atoms with Crippen LogP contribution in [-0.4, -0.2) is 17.9 Å². The summed E-state index contributed by atoms with van der Waals surface area (Å²) in [7, 11) is 1.62. The highest BCUT2D eigenvalue weighted by Crippen LogP contribution is 2.29. The number of aryl methyl sites for hydroxylation is 2. The molecule has 0 aliphatic carbocycles. The molecule has 0 saturated carbocycles. The summed E-state index contributed by atoms with van der Waals surface area (Å²) in [6.45, 7) is 3.81. The highest BCUT2D eigenvalue weighted by Gasteiger charge is 2.10. The topological polar surface area (TPSA) is 85.1 Å². The van der Waals surface area contributed by atoms with Gasteiger partial charge in [-0.2, -0.15) is 0 Å². The van der Waals surface area contributed by atoms with Gasteiger partial charge in [0.05, 0.1) is 12.8 Å². The molecule has 1 aromatic heterocycles. The van der Waals surface area contributed by atoms with Crippen LogP contribution >= 0.6 is 11.8 Å². The minimum absolute atomic E-state index is 0.0433. The van der Waals surface area contributed by atoms with Gasteiger partial charge in [0.1, 0.15) is 17.3 Å². The molecule has 0 amide bonds. The number of hydrogen-bond donors (Lipinski definition) is 2. The molecule has 5 nitrogen and oxygen atoms in total. The lowest BCUT2D eigenvalue weighted by atomic mass is 10.1. The van der Waals surface area contributed by atoms with Crippen molar-refractivity contribution in [1.29, 1.82) is 5.41 Å². The summed E-state index contributed by atoms with van der Waals surface area (Å²) in [5.74, 6) is 2.28. The number of nitrogens with zero attached hydrogens (tertiary/aromatic N) is 1. The molecule has 0 aliphatic rings. The van der Waals surface area contributed by atoms with Gasteiger partial charge in [-0.05, 0) is 32.0 Å². The van der Waals surface area contributed by atoms with Crippen molar-refractivity contribution < 1.29 is 9.15 Å². The van der Waals surface area contributed by atoms with E-state index in [0.29, 0.717) is 16.5 Å². The van der Waals surface area contributed by atoms with Crippen molar-refractivity contribution in [2.24, 2.45) is 5.73 Å². The second-order valence-electron chi connectivity index (χ2n) is 4.35. The first-order valence-electron chi connectivity index (χ1n) is 6.09. The molecule has 20 heavy (non-hydrogen) atoms. The van der Waals surface area contributed by atoms with Gasteiger partial charge in [-0.1, -0.05) is 11.8 Å². The van der Waals surface area contributed by atoms with Gasteiger partial charge in [-0.15, -0.1) is 0 Å². The summed E-state index contributed by atoms with van der Waals surface area (Å²) in [5.41, 5.74) is 8.05. The zero-order chi connectivity index (χ0) is 14.7. The van der Waals surface area contributed by atoms with Crippen LogP contribution in [-0.2, 0) is 5.75 Å². The second-order valence-corrected chi connectivity index (χ2v) is 5.28. The van der Waals surface area contributed by atoms with Crippen LogP contribution in [0.3, 0.4) is 0 Å². The van der Waals surface area contributed by atoms with E-state index >= 15 is 0 Å². The standard InChI is InChI=1S/C14H17N3O2S/c1-8-9(2)19-14(17-8)20-7-11-6-10(13(15)16)4-5-12(11)18-3/h4-6H,7H2,1-3H3,(H3,15,16). The number of ether oxygens (including phenoxy) is 1. The molecular weight excluding hydrogens is 274 g/mol. The molecule has 0 aliphatic heterocycles. The molecule has 0 fully saturated rings. The molecule has 0 unspecified atom stereocenters. The van der Waals surface area contributed by atoms with Crippen LogP contribution in [0, 0.1) is 19.3 Å². The molecular formula is C14H17N3O2S. The van der Waals surface area contributed by atoms with E-state index in [-0.39, 0.29) is 5.84 Å². The lowest BCUT2D eigenvalue weighted by molar-refractivity contribution is 0.411. The lowest BCUT2D eigenvalue weighted by Gasteiger charge is -2.09. The second kappa shape index (κ2) is 6.00. The number of nitrogens with one attached hydrogen (secondary N) is 1.